The Kier molecular flexibility index (Phi) is 3.05. The molecule has 0 radical (unpaired) electrons. The van der Waals surface area contributed by atoms with E-state index in [4.69, 9.17) is 0 Å². The van der Waals surface area contributed by atoms with Crippen molar-refractivity contribution < 1.29 is 6.14 Å². The minimum atomic E-state index is -3.31. The molecule has 0 saturated heterocycles. The second-order valence-electron chi connectivity index (χ2n) is 3.27. The fraction of sp³-hybridized carbons (Fsp3) is 0.400. The Hall–Kier alpha value is -0.450. The van der Waals surface area contributed by atoms with Crippen molar-refractivity contribution in [1.82, 2.24) is 0 Å². The molecular weight excluding hydrogens is 279 g/mol. The Morgan fingerprint density at radius 1 is 0.923 bits per heavy atom. The molecule has 0 fully saturated rings. The van der Waals surface area contributed by atoms with Crippen LogP contribution in [0.15, 0.2) is 6.07 Å². The summed E-state index contributed by atoms with van der Waals surface area (Å²) >= 11 is -3.31. The first-order chi connectivity index (χ1) is 5.95. The zero-order valence-electron chi connectivity index (χ0n) is 8.27. The number of hydrogen-bond acceptors (Lipinski definition) is 2. The molecule has 0 amide bonds. The molecule has 0 spiro atoms. The van der Waals surface area contributed by atoms with E-state index in [9.17, 15) is 6.14 Å². The molecule has 0 N–H and O–H groups in total. The number of aryl methyl sites for hydroxylation is 1. The summed E-state index contributed by atoms with van der Waals surface area (Å²) in [7, 11) is 0. The molecular formula is C10H13IO2. The smallest absolute Gasteiger partial charge is 0.230 e. The third-order valence-corrected chi connectivity index (χ3v) is 4.65. The Labute approximate surface area is 85.5 Å². The molecule has 1 rings (SSSR count). The third-order valence-electron chi connectivity index (χ3n) is 2.58. The SMILES string of the molecule is Cc1cc(I(=O)=O)c(C)c(C)c1C. The Balaban J connectivity index is 3.59. The van der Waals surface area contributed by atoms with Crippen molar-refractivity contribution in [3.63, 3.8) is 0 Å². The molecule has 0 aromatic heterocycles. The van der Waals surface area contributed by atoms with Gasteiger partial charge >= 0.3 is 19.8 Å². The van der Waals surface area contributed by atoms with Crippen LogP contribution in [0.3, 0.4) is 0 Å². The third kappa shape index (κ3) is 1.90. The van der Waals surface area contributed by atoms with Crippen molar-refractivity contribution in [3.05, 3.63) is 31.9 Å². The highest BCUT2D eigenvalue weighted by atomic mass is 127. The minimum absolute atomic E-state index is 0.546. The summed E-state index contributed by atoms with van der Waals surface area (Å²) in [6.07, 6.45) is 0. The lowest BCUT2D eigenvalue weighted by Gasteiger charge is -2.09. The molecule has 0 aliphatic rings. The topological polar surface area (TPSA) is 34.1 Å². The molecule has 13 heavy (non-hydrogen) atoms. The molecule has 0 heterocycles. The summed E-state index contributed by atoms with van der Waals surface area (Å²) in [5.41, 5.74) is 4.27. The first kappa shape index (κ1) is 10.6. The maximum atomic E-state index is 11.0. The number of benzene rings is 1. The summed E-state index contributed by atoms with van der Waals surface area (Å²) < 4.78 is 22.5. The fourth-order valence-corrected chi connectivity index (χ4v) is 3.11. The summed E-state index contributed by atoms with van der Waals surface area (Å²) in [6.45, 7) is 7.82. The second kappa shape index (κ2) is 3.74. The lowest BCUT2D eigenvalue weighted by atomic mass is 10.0. The van der Waals surface area contributed by atoms with Crippen LogP contribution in [0.25, 0.3) is 0 Å². The van der Waals surface area contributed by atoms with E-state index in [0.717, 1.165) is 16.7 Å². The van der Waals surface area contributed by atoms with Gasteiger partial charge in [0.2, 0.25) is 0 Å². The highest BCUT2D eigenvalue weighted by molar-refractivity contribution is 14.2. The molecule has 2 nitrogen and oxygen atoms in total. The van der Waals surface area contributed by atoms with E-state index in [1.807, 2.05) is 27.7 Å². The van der Waals surface area contributed by atoms with Crippen molar-refractivity contribution >= 4 is 19.8 Å². The van der Waals surface area contributed by atoms with Crippen molar-refractivity contribution in [1.29, 1.82) is 0 Å². The van der Waals surface area contributed by atoms with Gasteiger partial charge in [0, 0.05) is 0 Å². The molecule has 0 atom stereocenters. The summed E-state index contributed by atoms with van der Waals surface area (Å²) in [4.78, 5) is 0. The first-order valence-electron chi connectivity index (χ1n) is 4.07. The van der Waals surface area contributed by atoms with E-state index in [2.05, 4.69) is 0 Å². The molecule has 0 unspecified atom stereocenters. The zero-order valence-corrected chi connectivity index (χ0v) is 10.4. The van der Waals surface area contributed by atoms with Gasteiger partial charge < -0.3 is 0 Å². The molecule has 3 heteroatoms. The highest BCUT2D eigenvalue weighted by Gasteiger charge is 2.09. The largest absolute Gasteiger partial charge is 0.341 e. The number of rotatable bonds is 1. The normalized spacial score (nSPS) is 10.8. The zero-order chi connectivity index (χ0) is 10.2. The molecule has 1 aromatic rings. The molecule has 1 aromatic carbocycles. The predicted octanol–water partition coefficient (Wildman–Crippen LogP) is 3.29. The van der Waals surface area contributed by atoms with E-state index in [-0.39, 0.29) is 0 Å². The lowest BCUT2D eigenvalue weighted by molar-refractivity contribution is 0.610. The van der Waals surface area contributed by atoms with Gasteiger partial charge in [-0.05, 0) is 56.0 Å². The van der Waals surface area contributed by atoms with E-state index in [0.29, 0.717) is 3.57 Å². The van der Waals surface area contributed by atoms with Crippen LogP contribution in [-0.4, -0.2) is 0 Å². The van der Waals surface area contributed by atoms with Gasteiger partial charge in [0.15, 0.2) is 0 Å². The monoisotopic (exact) mass is 292 g/mol. The molecule has 0 saturated carbocycles. The van der Waals surface area contributed by atoms with Gasteiger partial charge in [-0.15, -0.1) is 0 Å². The molecule has 72 valence electrons. The molecule has 0 bridgehead atoms. The quantitative estimate of drug-likeness (QED) is 0.744. The predicted molar refractivity (Wildman–Crippen MR) is 59.5 cm³/mol. The Bertz CT molecular complexity index is 409. The first-order valence-corrected chi connectivity index (χ1v) is 6.92. The fourth-order valence-electron chi connectivity index (χ4n) is 1.32. The van der Waals surface area contributed by atoms with Gasteiger partial charge in [-0.1, -0.05) is 0 Å². The van der Waals surface area contributed by atoms with Crippen molar-refractivity contribution in [2.45, 2.75) is 27.7 Å². The summed E-state index contributed by atoms with van der Waals surface area (Å²) in [5, 5.41) is 0. The maximum absolute atomic E-state index is 11.0. The van der Waals surface area contributed by atoms with Crippen LogP contribution in [0.1, 0.15) is 22.3 Å². The van der Waals surface area contributed by atoms with Crippen molar-refractivity contribution in [2.24, 2.45) is 0 Å². The second-order valence-corrected chi connectivity index (χ2v) is 5.67. The van der Waals surface area contributed by atoms with Crippen LogP contribution >= 0.6 is 19.8 Å². The van der Waals surface area contributed by atoms with Crippen LogP contribution in [0.5, 0.6) is 0 Å². The molecule has 0 aliphatic carbocycles. The van der Waals surface area contributed by atoms with Gasteiger partial charge in [0.05, 0.1) is 3.57 Å². The van der Waals surface area contributed by atoms with Gasteiger partial charge in [-0.25, -0.2) is 6.14 Å². The van der Waals surface area contributed by atoms with E-state index < -0.39 is 19.8 Å². The summed E-state index contributed by atoms with van der Waals surface area (Å²) in [5.74, 6) is 0. The Morgan fingerprint density at radius 3 is 1.92 bits per heavy atom. The van der Waals surface area contributed by atoms with E-state index in [1.54, 1.807) is 6.07 Å². The maximum Gasteiger partial charge on any atom is 0.341 e. The van der Waals surface area contributed by atoms with Crippen molar-refractivity contribution in [3.8, 4) is 0 Å². The van der Waals surface area contributed by atoms with Crippen LogP contribution in [-0.2, 0) is 6.14 Å². The van der Waals surface area contributed by atoms with Crippen LogP contribution < -0.4 is 0 Å². The Morgan fingerprint density at radius 2 is 1.46 bits per heavy atom. The van der Waals surface area contributed by atoms with Gasteiger partial charge in [-0.2, -0.15) is 0 Å². The van der Waals surface area contributed by atoms with E-state index in [1.165, 1.54) is 5.56 Å². The average Bonchev–Trinajstić information content (AvgIpc) is 2.07. The van der Waals surface area contributed by atoms with Crippen LogP contribution in [0.2, 0.25) is 0 Å². The van der Waals surface area contributed by atoms with Gasteiger partial charge in [0.25, 0.3) is 0 Å². The van der Waals surface area contributed by atoms with E-state index >= 15 is 0 Å². The highest BCUT2D eigenvalue weighted by Crippen LogP contribution is 2.27. The lowest BCUT2D eigenvalue weighted by Crippen LogP contribution is -1.94. The van der Waals surface area contributed by atoms with Crippen LogP contribution in [0, 0.1) is 31.3 Å². The van der Waals surface area contributed by atoms with Crippen LogP contribution in [0.4, 0.5) is 0 Å². The number of hydrogen-bond donors (Lipinski definition) is 0. The summed E-state index contributed by atoms with van der Waals surface area (Å²) in [6, 6.07) is 1.78. The van der Waals surface area contributed by atoms with Crippen molar-refractivity contribution in [2.75, 3.05) is 0 Å². The standard InChI is InChI=1S/C10H13IO2/c1-6-5-10(11(12)13)9(4)8(3)7(6)2/h5H,1-4H3. The minimum Gasteiger partial charge on any atom is -0.230 e. The number of halogens is 1. The van der Waals surface area contributed by atoms with Gasteiger partial charge in [-0.3, -0.25) is 0 Å². The van der Waals surface area contributed by atoms with Gasteiger partial charge in [0.1, 0.15) is 0 Å². The average molecular weight is 292 g/mol. The molecule has 0 aliphatic heterocycles.